The van der Waals surface area contributed by atoms with E-state index in [0.717, 1.165) is 74.7 Å². The Morgan fingerprint density at radius 1 is 1.33 bits per heavy atom. The van der Waals surface area contributed by atoms with Crippen molar-refractivity contribution in [3.05, 3.63) is 29.2 Å². The number of carbonyl (C=O) groups is 1. The summed E-state index contributed by atoms with van der Waals surface area (Å²) in [7, 11) is 6.22. The topological polar surface area (TPSA) is 75.5 Å². The van der Waals surface area contributed by atoms with Crippen molar-refractivity contribution in [2.45, 2.75) is 45.7 Å². The summed E-state index contributed by atoms with van der Waals surface area (Å²) < 4.78 is 7.87. The number of nitrogens with zero attached hydrogens (tertiary/aromatic N) is 5. The molecule has 2 aromatic heterocycles. The summed E-state index contributed by atoms with van der Waals surface area (Å²) >= 11 is 0. The number of ether oxygens (including phenoxy) is 1. The lowest BCUT2D eigenvalue weighted by Crippen LogP contribution is -2.29. The Kier molecular flexibility index (Phi) is 7.44. The minimum Gasteiger partial charge on any atom is -0.387 e. The van der Waals surface area contributed by atoms with Gasteiger partial charge in [0.2, 0.25) is 0 Å². The minimum absolute atomic E-state index is 0.446. The molecular formula is C22H34N6O2. The average molecular weight is 415 g/mol. The van der Waals surface area contributed by atoms with Gasteiger partial charge in [-0.2, -0.15) is 5.10 Å². The van der Waals surface area contributed by atoms with Gasteiger partial charge >= 0.3 is 0 Å². The number of aromatic nitrogens is 3. The third-order valence-corrected chi connectivity index (χ3v) is 5.84. The van der Waals surface area contributed by atoms with Gasteiger partial charge in [-0.25, -0.2) is 0 Å². The molecule has 1 N–H and O–H groups in total. The van der Waals surface area contributed by atoms with Gasteiger partial charge in [-0.1, -0.05) is 0 Å². The second-order valence-corrected chi connectivity index (χ2v) is 7.90. The molecule has 0 aromatic carbocycles. The first-order valence-electron chi connectivity index (χ1n) is 10.6. The Morgan fingerprint density at radius 2 is 2.03 bits per heavy atom. The van der Waals surface area contributed by atoms with Crippen LogP contribution in [0.4, 0.5) is 17.2 Å². The number of pyridine rings is 1. The quantitative estimate of drug-likeness (QED) is 0.771. The highest BCUT2D eigenvalue weighted by atomic mass is 16.5. The van der Waals surface area contributed by atoms with Crippen LogP contribution in [0.15, 0.2) is 12.3 Å². The van der Waals surface area contributed by atoms with E-state index in [4.69, 9.17) is 14.6 Å². The van der Waals surface area contributed by atoms with Gasteiger partial charge in [0.05, 0.1) is 29.3 Å². The van der Waals surface area contributed by atoms with Crippen molar-refractivity contribution in [3.8, 4) is 0 Å². The molecule has 164 valence electrons. The van der Waals surface area contributed by atoms with Crippen LogP contribution in [-0.4, -0.2) is 66.9 Å². The number of aldehydes is 1. The number of hydrogen-bond donors (Lipinski definition) is 1. The fourth-order valence-corrected chi connectivity index (χ4v) is 4.15. The van der Waals surface area contributed by atoms with E-state index in [1.54, 1.807) is 0 Å². The van der Waals surface area contributed by atoms with Crippen LogP contribution >= 0.6 is 0 Å². The van der Waals surface area contributed by atoms with Gasteiger partial charge in [0.1, 0.15) is 6.29 Å². The van der Waals surface area contributed by atoms with Crippen molar-refractivity contribution in [2.75, 3.05) is 51.1 Å². The highest BCUT2D eigenvalue weighted by Gasteiger charge is 2.29. The van der Waals surface area contributed by atoms with Crippen LogP contribution in [0.5, 0.6) is 0 Å². The van der Waals surface area contributed by atoms with Crippen molar-refractivity contribution >= 4 is 23.5 Å². The summed E-state index contributed by atoms with van der Waals surface area (Å²) in [4.78, 5) is 17.9. The van der Waals surface area contributed by atoms with E-state index >= 15 is 0 Å². The zero-order chi connectivity index (χ0) is 21.7. The smallest absolute Gasteiger partial charge is 0.159 e. The molecule has 0 spiro atoms. The van der Waals surface area contributed by atoms with Gasteiger partial charge in [-0.05, 0) is 39.8 Å². The number of fused-ring (bicyclic) bond motifs is 1. The summed E-state index contributed by atoms with van der Waals surface area (Å²) in [5.41, 5.74) is 5.86. The molecule has 30 heavy (non-hydrogen) atoms. The van der Waals surface area contributed by atoms with Gasteiger partial charge in [0.15, 0.2) is 5.82 Å². The lowest BCUT2D eigenvalue weighted by atomic mass is 10.0. The Balaban J connectivity index is 0.000000806. The fourth-order valence-electron chi connectivity index (χ4n) is 4.15. The molecule has 4 rings (SSSR count). The standard InChI is InChI=1S/C20H30N6O.C2H4O/c1-14-18(21-2)11-16(12-22-14)25(4)20-17-13-24(3)8-5-19(17)26(23-20)15-6-9-27-10-7-15;1-2-3/h11-12,15,21H,5-10,13H2,1-4H3;2H,1H3. The second kappa shape index (κ2) is 10.0. The van der Waals surface area contributed by atoms with Gasteiger partial charge < -0.3 is 24.6 Å². The summed E-state index contributed by atoms with van der Waals surface area (Å²) in [6.07, 6.45) is 5.83. The number of nitrogens with one attached hydrogen (secondary N) is 1. The maximum Gasteiger partial charge on any atom is 0.159 e. The van der Waals surface area contributed by atoms with Crippen molar-refractivity contribution < 1.29 is 9.53 Å². The Labute approximate surface area is 179 Å². The lowest BCUT2D eigenvalue weighted by Gasteiger charge is -2.28. The number of anilines is 3. The Hall–Kier alpha value is -2.45. The van der Waals surface area contributed by atoms with E-state index in [9.17, 15) is 0 Å². The maximum atomic E-state index is 8.81. The van der Waals surface area contributed by atoms with Crippen LogP contribution in [0.3, 0.4) is 0 Å². The molecule has 0 unspecified atom stereocenters. The van der Waals surface area contributed by atoms with E-state index in [2.05, 4.69) is 44.9 Å². The fraction of sp³-hybridized carbons (Fsp3) is 0.591. The molecule has 0 bridgehead atoms. The molecule has 1 saturated heterocycles. The summed E-state index contributed by atoms with van der Waals surface area (Å²) in [6, 6.07) is 2.59. The van der Waals surface area contributed by atoms with Crippen LogP contribution in [0, 0.1) is 6.92 Å². The van der Waals surface area contributed by atoms with Crippen LogP contribution < -0.4 is 10.2 Å². The van der Waals surface area contributed by atoms with E-state index in [1.807, 2.05) is 20.2 Å². The largest absolute Gasteiger partial charge is 0.387 e. The molecule has 1 fully saturated rings. The molecule has 0 amide bonds. The first-order valence-corrected chi connectivity index (χ1v) is 10.6. The highest BCUT2D eigenvalue weighted by molar-refractivity contribution is 5.67. The molecular weight excluding hydrogens is 380 g/mol. The Morgan fingerprint density at radius 3 is 2.70 bits per heavy atom. The van der Waals surface area contributed by atoms with Crippen molar-refractivity contribution in [3.63, 3.8) is 0 Å². The molecule has 0 aliphatic carbocycles. The minimum atomic E-state index is 0.446. The van der Waals surface area contributed by atoms with Crippen LogP contribution in [0.1, 0.15) is 42.8 Å². The van der Waals surface area contributed by atoms with Crippen molar-refractivity contribution in [1.82, 2.24) is 19.7 Å². The third kappa shape index (κ3) is 4.65. The second-order valence-electron chi connectivity index (χ2n) is 7.90. The van der Waals surface area contributed by atoms with E-state index < -0.39 is 0 Å². The van der Waals surface area contributed by atoms with E-state index in [-0.39, 0.29) is 0 Å². The van der Waals surface area contributed by atoms with Crippen molar-refractivity contribution in [2.24, 2.45) is 0 Å². The molecule has 4 heterocycles. The molecule has 2 aromatic rings. The predicted molar refractivity (Wildman–Crippen MR) is 120 cm³/mol. The molecule has 0 atom stereocenters. The maximum absolute atomic E-state index is 8.81. The molecule has 8 heteroatoms. The molecule has 0 radical (unpaired) electrons. The Bertz CT molecular complexity index is 860. The average Bonchev–Trinajstić information content (AvgIpc) is 3.13. The number of aryl methyl sites for hydroxylation is 1. The van der Waals surface area contributed by atoms with Crippen LogP contribution in [-0.2, 0) is 22.5 Å². The summed E-state index contributed by atoms with van der Waals surface area (Å²) in [5.74, 6) is 1.05. The number of hydrogen-bond acceptors (Lipinski definition) is 7. The first-order chi connectivity index (χ1) is 14.5. The monoisotopic (exact) mass is 414 g/mol. The molecule has 8 nitrogen and oxygen atoms in total. The van der Waals surface area contributed by atoms with Crippen LogP contribution in [0.25, 0.3) is 0 Å². The predicted octanol–water partition coefficient (Wildman–Crippen LogP) is 2.94. The number of rotatable bonds is 4. The molecule has 2 aliphatic heterocycles. The lowest BCUT2D eigenvalue weighted by molar-refractivity contribution is -0.106. The highest BCUT2D eigenvalue weighted by Crippen LogP contribution is 2.35. The summed E-state index contributed by atoms with van der Waals surface area (Å²) in [6.45, 7) is 7.15. The zero-order valence-electron chi connectivity index (χ0n) is 18.8. The first kappa shape index (κ1) is 22.2. The number of carbonyl (C=O) groups excluding carboxylic acids is 1. The van der Waals surface area contributed by atoms with E-state index in [1.165, 1.54) is 18.2 Å². The van der Waals surface area contributed by atoms with Gasteiger partial charge in [-0.3, -0.25) is 9.67 Å². The summed E-state index contributed by atoms with van der Waals surface area (Å²) in [5, 5.41) is 8.35. The molecule has 0 saturated carbocycles. The number of likely N-dealkylation sites (N-methyl/N-ethyl adjacent to an activating group) is 1. The van der Waals surface area contributed by atoms with Crippen LogP contribution in [0.2, 0.25) is 0 Å². The van der Waals surface area contributed by atoms with Gasteiger partial charge in [0.25, 0.3) is 0 Å². The molecule has 2 aliphatic rings. The van der Waals surface area contributed by atoms with Gasteiger partial charge in [0, 0.05) is 58.1 Å². The van der Waals surface area contributed by atoms with E-state index in [0.29, 0.717) is 6.04 Å². The normalized spacial score (nSPS) is 17.0. The van der Waals surface area contributed by atoms with Gasteiger partial charge in [-0.15, -0.1) is 0 Å². The SMILES string of the molecule is CC=O.CNc1cc(N(C)c2nn(C3CCOCC3)c3c2CN(C)CC3)cnc1C. The van der Waals surface area contributed by atoms with Crippen molar-refractivity contribution in [1.29, 1.82) is 0 Å². The zero-order valence-corrected chi connectivity index (χ0v) is 18.8. The third-order valence-electron chi connectivity index (χ3n) is 5.84.